The molecule has 2 aromatic rings. The highest BCUT2D eigenvalue weighted by Crippen LogP contribution is 2.44. The van der Waals surface area contributed by atoms with E-state index in [-0.39, 0.29) is 0 Å². The van der Waals surface area contributed by atoms with Crippen molar-refractivity contribution in [2.45, 2.75) is 32.2 Å². The second kappa shape index (κ2) is 5.48. The lowest BCUT2D eigenvalue weighted by molar-refractivity contribution is 0.0700. The number of aromatic nitrogens is 1. The zero-order valence-electron chi connectivity index (χ0n) is 12.2. The van der Waals surface area contributed by atoms with Gasteiger partial charge in [0.2, 0.25) is 0 Å². The standard InChI is InChI=1S/C16H18N2O2S/c1-10-5-3-4-6-12(10)9-18(2)16-17-13(11-7-8-11)14(21-16)15(19)20/h3-6,11H,7-9H2,1-2H3,(H,19,20). The number of aromatic carboxylic acids is 1. The van der Waals surface area contributed by atoms with Crippen molar-refractivity contribution in [2.75, 3.05) is 11.9 Å². The number of hydrogen-bond acceptors (Lipinski definition) is 4. The van der Waals surface area contributed by atoms with Gasteiger partial charge in [-0.05, 0) is 30.9 Å². The maximum atomic E-state index is 11.4. The Bertz CT molecular complexity index is 677. The van der Waals surface area contributed by atoms with Crippen LogP contribution in [0.15, 0.2) is 24.3 Å². The van der Waals surface area contributed by atoms with Crippen molar-refractivity contribution in [2.24, 2.45) is 0 Å². The fourth-order valence-corrected chi connectivity index (χ4v) is 3.33. The molecule has 0 amide bonds. The minimum absolute atomic E-state index is 0.355. The number of aryl methyl sites for hydroxylation is 1. The van der Waals surface area contributed by atoms with Crippen molar-refractivity contribution in [1.29, 1.82) is 0 Å². The largest absolute Gasteiger partial charge is 0.477 e. The van der Waals surface area contributed by atoms with Crippen LogP contribution in [-0.4, -0.2) is 23.1 Å². The maximum Gasteiger partial charge on any atom is 0.347 e. The predicted octanol–water partition coefficient (Wildman–Crippen LogP) is 3.66. The molecule has 1 aliphatic carbocycles. The average molecular weight is 302 g/mol. The number of benzene rings is 1. The highest BCUT2D eigenvalue weighted by atomic mass is 32.1. The molecule has 1 fully saturated rings. The van der Waals surface area contributed by atoms with Gasteiger partial charge in [0, 0.05) is 19.5 Å². The van der Waals surface area contributed by atoms with E-state index in [9.17, 15) is 9.90 Å². The van der Waals surface area contributed by atoms with E-state index in [4.69, 9.17) is 0 Å². The number of nitrogens with zero attached hydrogens (tertiary/aromatic N) is 2. The molecule has 0 aliphatic heterocycles. The second-order valence-electron chi connectivity index (χ2n) is 5.57. The molecule has 0 radical (unpaired) electrons. The topological polar surface area (TPSA) is 53.4 Å². The van der Waals surface area contributed by atoms with Crippen molar-refractivity contribution >= 4 is 22.4 Å². The first-order valence-electron chi connectivity index (χ1n) is 7.06. The zero-order valence-corrected chi connectivity index (χ0v) is 13.0. The average Bonchev–Trinajstić information content (AvgIpc) is 3.19. The van der Waals surface area contributed by atoms with E-state index >= 15 is 0 Å². The predicted molar refractivity (Wildman–Crippen MR) is 84.3 cm³/mol. The monoisotopic (exact) mass is 302 g/mol. The van der Waals surface area contributed by atoms with Crippen molar-refractivity contribution in [3.05, 3.63) is 46.0 Å². The lowest BCUT2D eigenvalue weighted by Crippen LogP contribution is -2.16. The lowest BCUT2D eigenvalue weighted by atomic mass is 10.1. The molecular weight excluding hydrogens is 284 g/mol. The molecule has 0 bridgehead atoms. The van der Waals surface area contributed by atoms with Crippen molar-refractivity contribution in [3.8, 4) is 0 Å². The van der Waals surface area contributed by atoms with Gasteiger partial charge in [0.05, 0.1) is 5.69 Å². The summed E-state index contributed by atoms with van der Waals surface area (Å²) in [4.78, 5) is 18.4. The third-order valence-electron chi connectivity index (χ3n) is 3.80. The molecule has 1 aromatic heterocycles. The van der Waals surface area contributed by atoms with Crippen LogP contribution < -0.4 is 4.90 Å². The first-order valence-corrected chi connectivity index (χ1v) is 7.87. The molecule has 5 heteroatoms. The molecule has 3 rings (SSSR count). The highest BCUT2D eigenvalue weighted by Gasteiger charge is 2.32. The van der Waals surface area contributed by atoms with E-state index in [0.717, 1.165) is 30.2 Å². The quantitative estimate of drug-likeness (QED) is 0.915. The molecule has 1 saturated carbocycles. The summed E-state index contributed by atoms with van der Waals surface area (Å²) in [6.45, 7) is 2.83. The second-order valence-corrected chi connectivity index (χ2v) is 6.55. The Morgan fingerprint density at radius 3 is 2.76 bits per heavy atom. The molecule has 21 heavy (non-hydrogen) atoms. The van der Waals surface area contributed by atoms with Crippen LogP contribution in [-0.2, 0) is 6.54 Å². The van der Waals surface area contributed by atoms with E-state index in [0.29, 0.717) is 10.8 Å². The Kier molecular flexibility index (Phi) is 3.68. The molecule has 0 spiro atoms. The SMILES string of the molecule is Cc1ccccc1CN(C)c1nc(C2CC2)c(C(=O)O)s1. The van der Waals surface area contributed by atoms with Gasteiger partial charge < -0.3 is 10.0 Å². The van der Waals surface area contributed by atoms with E-state index in [1.165, 1.54) is 22.5 Å². The Morgan fingerprint density at radius 1 is 1.43 bits per heavy atom. The number of carboxylic acid groups (broad SMARTS) is 1. The molecule has 0 unspecified atom stereocenters. The lowest BCUT2D eigenvalue weighted by Gasteiger charge is -2.17. The van der Waals surface area contributed by atoms with Crippen molar-refractivity contribution in [3.63, 3.8) is 0 Å². The van der Waals surface area contributed by atoms with Crippen LogP contribution in [0.5, 0.6) is 0 Å². The number of carbonyl (C=O) groups is 1. The molecule has 1 aromatic carbocycles. The summed E-state index contributed by atoms with van der Waals surface area (Å²) in [6, 6.07) is 8.23. The summed E-state index contributed by atoms with van der Waals surface area (Å²) in [6.07, 6.45) is 2.12. The Morgan fingerprint density at radius 2 is 2.14 bits per heavy atom. The van der Waals surface area contributed by atoms with Crippen LogP contribution in [0.2, 0.25) is 0 Å². The van der Waals surface area contributed by atoms with Crippen LogP contribution in [0.4, 0.5) is 5.13 Å². The first kappa shape index (κ1) is 14.1. The Balaban J connectivity index is 1.84. The summed E-state index contributed by atoms with van der Waals surface area (Å²) < 4.78 is 0. The third-order valence-corrected chi connectivity index (χ3v) is 4.97. The third kappa shape index (κ3) is 2.93. The molecule has 4 nitrogen and oxygen atoms in total. The van der Waals surface area contributed by atoms with Gasteiger partial charge in [0.1, 0.15) is 4.88 Å². The minimum atomic E-state index is -0.857. The van der Waals surface area contributed by atoms with Gasteiger partial charge >= 0.3 is 5.97 Å². The van der Waals surface area contributed by atoms with Gasteiger partial charge in [-0.25, -0.2) is 9.78 Å². The van der Waals surface area contributed by atoms with Crippen LogP contribution in [0.25, 0.3) is 0 Å². The maximum absolute atomic E-state index is 11.4. The summed E-state index contributed by atoms with van der Waals surface area (Å²) in [5, 5.41) is 10.1. The summed E-state index contributed by atoms with van der Waals surface area (Å²) >= 11 is 1.28. The Hall–Kier alpha value is -1.88. The molecule has 0 saturated heterocycles. The minimum Gasteiger partial charge on any atom is -0.477 e. The van der Waals surface area contributed by atoms with Crippen molar-refractivity contribution in [1.82, 2.24) is 4.98 Å². The van der Waals surface area contributed by atoms with Gasteiger partial charge in [-0.2, -0.15) is 0 Å². The van der Waals surface area contributed by atoms with Gasteiger partial charge in [0.25, 0.3) is 0 Å². The van der Waals surface area contributed by atoms with Crippen LogP contribution in [0.3, 0.4) is 0 Å². The molecule has 1 heterocycles. The number of hydrogen-bond donors (Lipinski definition) is 1. The number of anilines is 1. The summed E-state index contributed by atoms with van der Waals surface area (Å²) in [5.41, 5.74) is 3.25. The number of carboxylic acids is 1. The number of thiazole rings is 1. The van der Waals surface area contributed by atoms with Crippen LogP contribution >= 0.6 is 11.3 Å². The van der Waals surface area contributed by atoms with Gasteiger partial charge in [-0.1, -0.05) is 35.6 Å². The van der Waals surface area contributed by atoms with Gasteiger partial charge in [0.15, 0.2) is 5.13 Å². The van der Waals surface area contributed by atoms with E-state index in [2.05, 4.69) is 24.0 Å². The fourth-order valence-electron chi connectivity index (χ4n) is 2.38. The fraction of sp³-hybridized carbons (Fsp3) is 0.375. The van der Waals surface area contributed by atoms with Gasteiger partial charge in [-0.3, -0.25) is 0 Å². The first-order chi connectivity index (χ1) is 10.1. The molecule has 1 aliphatic rings. The molecular formula is C16H18N2O2S. The van der Waals surface area contributed by atoms with Gasteiger partial charge in [-0.15, -0.1) is 0 Å². The summed E-state index contributed by atoms with van der Waals surface area (Å²) in [5.74, 6) is -0.502. The van der Waals surface area contributed by atoms with Crippen molar-refractivity contribution < 1.29 is 9.90 Å². The molecule has 110 valence electrons. The van der Waals surface area contributed by atoms with Crippen LogP contribution in [0, 0.1) is 6.92 Å². The van der Waals surface area contributed by atoms with E-state index < -0.39 is 5.97 Å². The Labute approximate surface area is 128 Å². The summed E-state index contributed by atoms with van der Waals surface area (Å²) in [7, 11) is 1.97. The molecule has 0 atom stereocenters. The van der Waals surface area contributed by atoms with E-state index in [1.807, 2.05) is 24.1 Å². The number of rotatable bonds is 5. The van der Waals surface area contributed by atoms with E-state index in [1.54, 1.807) is 0 Å². The normalized spacial score (nSPS) is 14.2. The molecule has 1 N–H and O–H groups in total. The zero-order chi connectivity index (χ0) is 15.0. The highest BCUT2D eigenvalue weighted by molar-refractivity contribution is 7.17. The smallest absolute Gasteiger partial charge is 0.347 e. The van der Waals surface area contributed by atoms with Crippen LogP contribution in [0.1, 0.15) is 45.3 Å².